The molecule has 0 aliphatic carbocycles. The first-order chi connectivity index (χ1) is 10.1. The van der Waals surface area contributed by atoms with Crippen LogP contribution in [0.15, 0.2) is 47.5 Å². The SMILES string of the molecule is CC(NCc1cnc2cnc(Br)cn12)c1ccccc1F. The van der Waals surface area contributed by atoms with Gasteiger partial charge >= 0.3 is 0 Å². The van der Waals surface area contributed by atoms with Crippen LogP contribution in [0.25, 0.3) is 5.65 Å². The first-order valence-corrected chi connectivity index (χ1v) is 7.40. The van der Waals surface area contributed by atoms with Crippen LogP contribution in [-0.2, 0) is 6.54 Å². The van der Waals surface area contributed by atoms with Crippen LogP contribution in [0.5, 0.6) is 0 Å². The van der Waals surface area contributed by atoms with Gasteiger partial charge in [-0.25, -0.2) is 14.4 Å². The summed E-state index contributed by atoms with van der Waals surface area (Å²) in [6, 6.07) is 6.72. The van der Waals surface area contributed by atoms with Gasteiger partial charge < -0.3 is 5.32 Å². The summed E-state index contributed by atoms with van der Waals surface area (Å²) in [5.74, 6) is -0.192. The van der Waals surface area contributed by atoms with E-state index in [1.54, 1.807) is 24.5 Å². The van der Waals surface area contributed by atoms with Gasteiger partial charge in [0.05, 0.1) is 18.1 Å². The second-order valence-electron chi connectivity index (χ2n) is 4.81. The van der Waals surface area contributed by atoms with Crippen LogP contribution in [-0.4, -0.2) is 14.4 Å². The van der Waals surface area contributed by atoms with Crippen LogP contribution in [0.3, 0.4) is 0 Å². The lowest BCUT2D eigenvalue weighted by Gasteiger charge is -2.14. The molecule has 0 radical (unpaired) electrons. The highest BCUT2D eigenvalue weighted by atomic mass is 79.9. The van der Waals surface area contributed by atoms with Crippen molar-refractivity contribution in [3.8, 4) is 0 Å². The maximum atomic E-state index is 13.7. The molecule has 1 aromatic carbocycles. The average Bonchev–Trinajstić information content (AvgIpc) is 2.87. The van der Waals surface area contributed by atoms with E-state index in [4.69, 9.17) is 0 Å². The fraction of sp³-hybridized carbons (Fsp3) is 0.200. The van der Waals surface area contributed by atoms with Crippen LogP contribution in [0, 0.1) is 5.82 Å². The molecule has 0 spiro atoms. The second-order valence-corrected chi connectivity index (χ2v) is 5.62. The Morgan fingerprint density at radius 1 is 1.29 bits per heavy atom. The van der Waals surface area contributed by atoms with Crippen molar-refractivity contribution in [2.45, 2.75) is 19.5 Å². The van der Waals surface area contributed by atoms with E-state index in [0.29, 0.717) is 12.1 Å². The van der Waals surface area contributed by atoms with Crippen molar-refractivity contribution in [2.75, 3.05) is 0 Å². The molecule has 0 aliphatic rings. The number of aromatic nitrogens is 3. The monoisotopic (exact) mass is 348 g/mol. The Bertz CT molecular complexity index is 771. The maximum Gasteiger partial charge on any atom is 0.155 e. The molecule has 2 heterocycles. The van der Waals surface area contributed by atoms with Crippen LogP contribution < -0.4 is 5.32 Å². The Morgan fingerprint density at radius 3 is 2.90 bits per heavy atom. The van der Waals surface area contributed by atoms with Crippen molar-refractivity contribution >= 4 is 21.6 Å². The predicted octanol–water partition coefficient (Wildman–Crippen LogP) is 3.48. The third-order valence-electron chi connectivity index (χ3n) is 3.40. The predicted molar refractivity (Wildman–Crippen MR) is 82.3 cm³/mol. The molecule has 2 aromatic heterocycles. The molecule has 0 bridgehead atoms. The van der Waals surface area contributed by atoms with Crippen molar-refractivity contribution in [1.29, 1.82) is 0 Å². The Labute approximate surface area is 130 Å². The van der Waals surface area contributed by atoms with Crippen LogP contribution in [0.4, 0.5) is 4.39 Å². The summed E-state index contributed by atoms with van der Waals surface area (Å²) in [5, 5.41) is 3.32. The van der Waals surface area contributed by atoms with Crippen molar-refractivity contribution in [3.63, 3.8) is 0 Å². The third kappa shape index (κ3) is 2.96. The molecule has 4 nitrogen and oxygen atoms in total. The van der Waals surface area contributed by atoms with Gasteiger partial charge in [-0.1, -0.05) is 18.2 Å². The van der Waals surface area contributed by atoms with Gasteiger partial charge in [-0.2, -0.15) is 0 Å². The molecule has 3 aromatic rings. The minimum Gasteiger partial charge on any atom is -0.304 e. The second kappa shape index (κ2) is 5.91. The molecule has 1 N–H and O–H groups in total. The van der Waals surface area contributed by atoms with Crippen molar-refractivity contribution < 1.29 is 4.39 Å². The van der Waals surface area contributed by atoms with Crippen molar-refractivity contribution in [3.05, 3.63) is 64.5 Å². The van der Waals surface area contributed by atoms with Gasteiger partial charge in [0.1, 0.15) is 10.4 Å². The van der Waals surface area contributed by atoms with E-state index in [1.165, 1.54) is 6.07 Å². The molecule has 0 fully saturated rings. The standard InChI is InChI=1S/C15H14BrFN4/c1-10(12-4-2-3-5-13(12)17)18-6-11-7-20-15-8-19-14(16)9-21(11)15/h2-5,7-10,18H,6H2,1H3. The normalized spacial score (nSPS) is 12.7. The van der Waals surface area contributed by atoms with Crippen LogP contribution in [0.2, 0.25) is 0 Å². The van der Waals surface area contributed by atoms with Gasteiger partial charge in [0.15, 0.2) is 5.65 Å². The lowest BCUT2D eigenvalue weighted by Crippen LogP contribution is -2.20. The van der Waals surface area contributed by atoms with Crippen molar-refractivity contribution in [1.82, 2.24) is 19.7 Å². The summed E-state index contributed by atoms with van der Waals surface area (Å²) in [7, 11) is 0. The smallest absolute Gasteiger partial charge is 0.155 e. The van der Waals surface area contributed by atoms with E-state index < -0.39 is 0 Å². The topological polar surface area (TPSA) is 42.2 Å². The molecular weight excluding hydrogens is 335 g/mol. The summed E-state index contributed by atoms with van der Waals surface area (Å²) < 4.78 is 16.4. The van der Waals surface area contributed by atoms with Crippen LogP contribution in [0.1, 0.15) is 24.2 Å². The lowest BCUT2D eigenvalue weighted by molar-refractivity contribution is 0.523. The molecule has 0 saturated carbocycles. The Balaban J connectivity index is 1.77. The van der Waals surface area contributed by atoms with E-state index in [1.807, 2.05) is 23.6 Å². The number of benzene rings is 1. The zero-order valence-electron chi connectivity index (χ0n) is 11.4. The summed E-state index contributed by atoms with van der Waals surface area (Å²) in [5.41, 5.74) is 2.44. The van der Waals surface area contributed by atoms with Gasteiger partial charge in [-0.15, -0.1) is 0 Å². The fourth-order valence-electron chi connectivity index (χ4n) is 2.24. The summed E-state index contributed by atoms with van der Waals surface area (Å²) in [6.45, 7) is 2.53. The number of imidazole rings is 1. The Morgan fingerprint density at radius 2 is 2.10 bits per heavy atom. The fourth-order valence-corrected chi connectivity index (χ4v) is 2.55. The Hall–Kier alpha value is -1.79. The lowest BCUT2D eigenvalue weighted by atomic mass is 10.1. The molecule has 0 aliphatic heterocycles. The van der Waals surface area contributed by atoms with Crippen molar-refractivity contribution in [2.24, 2.45) is 0 Å². The molecule has 6 heteroatoms. The quantitative estimate of drug-likeness (QED) is 0.784. The number of nitrogens with zero attached hydrogens (tertiary/aromatic N) is 3. The molecular formula is C15H14BrFN4. The Kier molecular flexibility index (Phi) is 3.98. The largest absolute Gasteiger partial charge is 0.304 e. The zero-order chi connectivity index (χ0) is 14.8. The molecule has 0 saturated heterocycles. The number of hydrogen-bond donors (Lipinski definition) is 1. The first kappa shape index (κ1) is 14.2. The highest BCUT2D eigenvalue weighted by Crippen LogP contribution is 2.17. The molecule has 3 rings (SSSR count). The molecule has 108 valence electrons. The van der Waals surface area contributed by atoms with Gasteiger partial charge in [0.25, 0.3) is 0 Å². The maximum absolute atomic E-state index is 13.7. The molecule has 1 atom stereocenters. The average molecular weight is 349 g/mol. The molecule has 1 unspecified atom stereocenters. The van der Waals surface area contributed by atoms with E-state index in [9.17, 15) is 4.39 Å². The van der Waals surface area contributed by atoms with Crippen LogP contribution >= 0.6 is 15.9 Å². The number of fused-ring (bicyclic) bond motifs is 1. The number of hydrogen-bond acceptors (Lipinski definition) is 3. The van der Waals surface area contributed by atoms with Gasteiger partial charge in [-0.05, 0) is 28.9 Å². The summed E-state index contributed by atoms with van der Waals surface area (Å²) >= 11 is 3.35. The van der Waals surface area contributed by atoms with Gasteiger partial charge in [0, 0.05) is 24.3 Å². The molecule has 21 heavy (non-hydrogen) atoms. The van der Waals surface area contributed by atoms with E-state index in [0.717, 1.165) is 15.9 Å². The highest BCUT2D eigenvalue weighted by molar-refractivity contribution is 9.10. The minimum absolute atomic E-state index is 0.0815. The zero-order valence-corrected chi connectivity index (χ0v) is 13.0. The molecule has 0 amide bonds. The van der Waals surface area contributed by atoms with E-state index >= 15 is 0 Å². The summed E-state index contributed by atoms with van der Waals surface area (Å²) in [6.07, 6.45) is 5.37. The van der Waals surface area contributed by atoms with Gasteiger partial charge in [0.2, 0.25) is 0 Å². The third-order valence-corrected chi connectivity index (χ3v) is 3.81. The van der Waals surface area contributed by atoms with E-state index in [2.05, 4.69) is 31.2 Å². The first-order valence-electron chi connectivity index (χ1n) is 6.60. The van der Waals surface area contributed by atoms with E-state index in [-0.39, 0.29) is 11.9 Å². The number of nitrogens with one attached hydrogen (secondary N) is 1. The number of rotatable bonds is 4. The highest BCUT2D eigenvalue weighted by Gasteiger charge is 2.11. The van der Waals surface area contributed by atoms with Gasteiger partial charge in [-0.3, -0.25) is 4.40 Å². The summed E-state index contributed by atoms with van der Waals surface area (Å²) in [4.78, 5) is 8.43. The number of halogens is 2. The minimum atomic E-state index is -0.192.